The molecular formula is C20H25ClNO3+. The number of benzene rings is 2. The molecule has 0 amide bonds. The van der Waals surface area contributed by atoms with E-state index in [-0.39, 0.29) is 0 Å². The molecule has 0 saturated carbocycles. The first-order chi connectivity index (χ1) is 12.3. The predicted molar refractivity (Wildman–Crippen MR) is 98.2 cm³/mol. The second-order valence-electron chi connectivity index (χ2n) is 6.25. The van der Waals surface area contributed by atoms with Gasteiger partial charge in [-0.1, -0.05) is 41.9 Å². The number of rotatable bonds is 8. The van der Waals surface area contributed by atoms with Crippen molar-refractivity contribution >= 4 is 11.6 Å². The van der Waals surface area contributed by atoms with Crippen LogP contribution in [0.25, 0.3) is 0 Å². The summed E-state index contributed by atoms with van der Waals surface area (Å²) in [6.45, 7) is 3.17. The summed E-state index contributed by atoms with van der Waals surface area (Å²) in [6.07, 6.45) is 2.71. The molecule has 2 aromatic carbocycles. The molecule has 3 rings (SSSR count). The van der Waals surface area contributed by atoms with Crippen LogP contribution in [0.5, 0.6) is 11.5 Å². The molecule has 1 heterocycles. The van der Waals surface area contributed by atoms with Gasteiger partial charge in [-0.15, -0.1) is 0 Å². The number of nitrogens with two attached hydrogens (primary N) is 1. The molecule has 0 bridgehead atoms. The molecule has 1 saturated heterocycles. The fraction of sp³-hybridized carbons (Fsp3) is 0.400. The van der Waals surface area contributed by atoms with Gasteiger partial charge in [-0.25, -0.2) is 0 Å². The molecule has 1 aliphatic heterocycles. The minimum atomic E-state index is 0.380. The summed E-state index contributed by atoms with van der Waals surface area (Å²) >= 11 is 6.44. The molecule has 0 spiro atoms. The molecule has 0 aromatic heterocycles. The molecule has 5 heteroatoms. The van der Waals surface area contributed by atoms with Crippen LogP contribution in [-0.4, -0.2) is 26.4 Å². The van der Waals surface area contributed by atoms with Crippen molar-refractivity contribution in [2.24, 2.45) is 0 Å². The van der Waals surface area contributed by atoms with Crippen molar-refractivity contribution in [1.82, 2.24) is 0 Å². The monoisotopic (exact) mass is 362 g/mol. The smallest absolute Gasteiger partial charge is 0.180 e. The first-order valence-electron chi connectivity index (χ1n) is 8.72. The van der Waals surface area contributed by atoms with Gasteiger partial charge in [0.2, 0.25) is 0 Å². The normalized spacial score (nSPS) is 16.8. The van der Waals surface area contributed by atoms with Crippen molar-refractivity contribution in [3.05, 3.63) is 58.6 Å². The van der Waals surface area contributed by atoms with Crippen LogP contribution in [0.4, 0.5) is 0 Å². The van der Waals surface area contributed by atoms with Crippen LogP contribution in [0.15, 0.2) is 42.5 Å². The summed E-state index contributed by atoms with van der Waals surface area (Å²) in [6, 6.07) is 14.0. The van der Waals surface area contributed by atoms with Gasteiger partial charge in [-0.3, -0.25) is 0 Å². The highest BCUT2D eigenvalue weighted by Gasteiger charge is 2.18. The van der Waals surface area contributed by atoms with Crippen LogP contribution in [0.3, 0.4) is 0 Å². The van der Waals surface area contributed by atoms with E-state index in [1.165, 1.54) is 6.42 Å². The second kappa shape index (κ2) is 9.09. The lowest BCUT2D eigenvalue weighted by molar-refractivity contribution is -0.676. The van der Waals surface area contributed by atoms with E-state index >= 15 is 0 Å². The number of methoxy groups -OCH3 is 1. The zero-order valence-corrected chi connectivity index (χ0v) is 15.3. The Kier molecular flexibility index (Phi) is 6.56. The van der Waals surface area contributed by atoms with Crippen molar-refractivity contribution in [2.75, 3.05) is 20.3 Å². The SMILES string of the molecule is COc1cc(C[NH2+]C[C@@H]2CCCO2)cc(Cl)c1OCc1ccccc1. The number of hydrogen-bond acceptors (Lipinski definition) is 3. The molecule has 1 fully saturated rings. The van der Waals surface area contributed by atoms with E-state index < -0.39 is 0 Å². The quantitative estimate of drug-likeness (QED) is 0.784. The number of hydrogen-bond donors (Lipinski definition) is 1. The lowest BCUT2D eigenvalue weighted by Crippen LogP contribution is -2.84. The fourth-order valence-electron chi connectivity index (χ4n) is 3.03. The summed E-state index contributed by atoms with van der Waals surface area (Å²) in [5, 5.41) is 2.83. The van der Waals surface area contributed by atoms with Crippen LogP contribution in [0.1, 0.15) is 24.0 Å². The van der Waals surface area contributed by atoms with Crippen molar-refractivity contribution in [3.8, 4) is 11.5 Å². The van der Waals surface area contributed by atoms with Gasteiger partial charge in [0.05, 0.1) is 12.1 Å². The van der Waals surface area contributed by atoms with E-state index in [9.17, 15) is 0 Å². The van der Waals surface area contributed by atoms with E-state index in [0.717, 1.165) is 37.2 Å². The Balaban J connectivity index is 1.61. The molecule has 0 unspecified atom stereocenters. The van der Waals surface area contributed by atoms with Crippen LogP contribution < -0.4 is 14.8 Å². The first-order valence-corrected chi connectivity index (χ1v) is 9.10. The lowest BCUT2D eigenvalue weighted by Gasteiger charge is -2.14. The molecule has 0 radical (unpaired) electrons. The number of halogens is 1. The van der Waals surface area contributed by atoms with Gasteiger partial charge in [0, 0.05) is 12.2 Å². The van der Waals surface area contributed by atoms with Gasteiger partial charge >= 0.3 is 0 Å². The Morgan fingerprint density at radius 3 is 2.76 bits per heavy atom. The molecule has 2 aromatic rings. The average Bonchev–Trinajstić information content (AvgIpc) is 3.15. The first kappa shape index (κ1) is 18.1. The van der Waals surface area contributed by atoms with Crippen LogP contribution in [0.2, 0.25) is 5.02 Å². The van der Waals surface area contributed by atoms with E-state index in [1.807, 2.05) is 42.5 Å². The zero-order valence-electron chi connectivity index (χ0n) is 14.5. The van der Waals surface area contributed by atoms with Crippen molar-refractivity contribution in [3.63, 3.8) is 0 Å². The number of quaternary nitrogens is 1. The summed E-state index contributed by atoms with van der Waals surface area (Å²) in [4.78, 5) is 0. The maximum absolute atomic E-state index is 6.44. The Morgan fingerprint density at radius 2 is 2.04 bits per heavy atom. The van der Waals surface area contributed by atoms with Crippen molar-refractivity contribution in [1.29, 1.82) is 0 Å². The molecule has 1 atom stereocenters. The maximum atomic E-state index is 6.44. The summed E-state index contributed by atoms with van der Waals surface area (Å²) < 4.78 is 17.0. The van der Waals surface area contributed by atoms with Crippen molar-refractivity contribution in [2.45, 2.75) is 32.1 Å². The maximum Gasteiger partial charge on any atom is 0.180 e. The molecule has 0 aliphatic carbocycles. The largest absolute Gasteiger partial charge is 0.493 e. The average molecular weight is 363 g/mol. The minimum absolute atomic E-state index is 0.380. The molecule has 134 valence electrons. The van der Waals surface area contributed by atoms with Crippen LogP contribution in [-0.2, 0) is 17.9 Å². The highest BCUT2D eigenvalue weighted by Crippen LogP contribution is 2.36. The van der Waals surface area contributed by atoms with Gasteiger partial charge in [0.25, 0.3) is 0 Å². The van der Waals surface area contributed by atoms with E-state index in [4.69, 9.17) is 25.8 Å². The topological polar surface area (TPSA) is 44.3 Å². The molecule has 2 N–H and O–H groups in total. The minimum Gasteiger partial charge on any atom is -0.493 e. The Morgan fingerprint density at radius 1 is 1.20 bits per heavy atom. The molecule has 25 heavy (non-hydrogen) atoms. The number of ether oxygens (including phenoxy) is 3. The summed E-state index contributed by atoms with van der Waals surface area (Å²) in [5.41, 5.74) is 2.21. The van der Waals surface area contributed by atoms with Crippen LogP contribution in [0, 0.1) is 0 Å². The zero-order chi connectivity index (χ0) is 17.5. The Labute approximate surface area is 154 Å². The molecule has 4 nitrogen and oxygen atoms in total. The van der Waals surface area contributed by atoms with Gasteiger partial charge in [-0.05, 0) is 30.5 Å². The van der Waals surface area contributed by atoms with Crippen molar-refractivity contribution < 1.29 is 19.5 Å². The fourth-order valence-corrected chi connectivity index (χ4v) is 3.31. The van der Waals surface area contributed by atoms with E-state index in [0.29, 0.717) is 29.2 Å². The summed E-state index contributed by atoms with van der Waals surface area (Å²) in [7, 11) is 1.64. The van der Waals surface area contributed by atoms with Gasteiger partial charge in [0.15, 0.2) is 11.5 Å². The lowest BCUT2D eigenvalue weighted by atomic mass is 10.2. The third-order valence-electron chi connectivity index (χ3n) is 4.35. The van der Waals surface area contributed by atoms with Gasteiger partial charge in [0.1, 0.15) is 25.8 Å². The van der Waals surface area contributed by atoms with Gasteiger partial charge in [-0.2, -0.15) is 0 Å². The van der Waals surface area contributed by atoms with E-state index in [2.05, 4.69) is 5.32 Å². The summed E-state index contributed by atoms with van der Waals surface area (Å²) in [5.74, 6) is 1.26. The van der Waals surface area contributed by atoms with Gasteiger partial charge < -0.3 is 19.5 Å². The predicted octanol–water partition coefficient (Wildman–Crippen LogP) is 3.17. The Hall–Kier alpha value is -1.75. The Bertz CT molecular complexity index is 672. The second-order valence-corrected chi connectivity index (χ2v) is 6.65. The van der Waals surface area contributed by atoms with Crippen LogP contribution >= 0.6 is 11.6 Å². The third-order valence-corrected chi connectivity index (χ3v) is 4.63. The standard InChI is InChI=1S/C20H24ClNO3/c1-23-19-11-16(12-22-13-17-8-5-9-24-17)10-18(21)20(19)25-14-15-6-3-2-4-7-15/h2-4,6-7,10-11,17,22H,5,8-9,12-14H2,1H3/p+1/t17-/m0/s1. The molecule has 1 aliphatic rings. The molecular weight excluding hydrogens is 338 g/mol. The highest BCUT2D eigenvalue weighted by molar-refractivity contribution is 6.32. The highest BCUT2D eigenvalue weighted by atomic mass is 35.5. The third kappa shape index (κ3) is 5.11. The van der Waals surface area contributed by atoms with E-state index in [1.54, 1.807) is 7.11 Å².